The van der Waals surface area contributed by atoms with E-state index >= 15 is 0 Å². The zero-order chi connectivity index (χ0) is 11.4. The minimum atomic E-state index is -3.20. The molecule has 0 fully saturated rings. The van der Waals surface area contributed by atoms with Crippen LogP contribution in [-0.4, -0.2) is 12.2 Å². The van der Waals surface area contributed by atoms with Gasteiger partial charge in [0.25, 0.3) is 6.43 Å². The third-order valence-corrected chi connectivity index (χ3v) is 1.62. The standard InChI is InChI=1S/C10H7F3O2/c11-7-3-1-6(2-4-7)8(14)5-9(15)10(12)13/h1-5,10,14H/p-1/b8-5-. The molecule has 0 N–H and O–H groups in total. The van der Waals surface area contributed by atoms with Gasteiger partial charge in [-0.2, -0.15) is 0 Å². The van der Waals surface area contributed by atoms with Crippen molar-refractivity contribution in [2.24, 2.45) is 0 Å². The van der Waals surface area contributed by atoms with Crippen LogP contribution in [0, 0.1) is 5.82 Å². The van der Waals surface area contributed by atoms with Gasteiger partial charge in [-0.1, -0.05) is 17.9 Å². The van der Waals surface area contributed by atoms with E-state index in [1.807, 2.05) is 0 Å². The maximum Gasteiger partial charge on any atom is 0.299 e. The minimum Gasteiger partial charge on any atom is -0.872 e. The molecule has 0 aliphatic rings. The molecule has 0 bridgehead atoms. The first-order chi connectivity index (χ1) is 7.00. The lowest BCUT2D eigenvalue weighted by Crippen LogP contribution is -2.11. The summed E-state index contributed by atoms with van der Waals surface area (Å²) in [5, 5.41) is 11.1. The van der Waals surface area contributed by atoms with Crippen LogP contribution in [0.4, 0.5) is 13.2 Å². The van der Waals surface area contributed by atoms with E-state index in [1.165, 1.54) is 0 Å². The number of alkyl halides is 2. The molecule has 0 aromatic heterocycles. The Kier molecular flexibility index (Phi) is 3.49. The largest absolute Gasteiger partial charge is 0.872 e. The number of hydrogen-bond donors (Lipinski definition) is 0. The molecule has 0 aliphatic heterocycles. The van der Waals surface area contributed by atoms with Crippen LogP contribution < -0.4 is 5.11 Å². The Morgan fingerprint density at radius 2 is 1.80 bits per heavy atom. The summed E-state index contributed by atoms with van der Waals surface area (Å²) in [4.78, 5) is 10.5. The van der Waals surface area contributed by atoms with Crippen molar-refractivity contribution in [1.82, 2.24) is 0 Å². The summed E-state index contributed by atoms with van der Waals surface area (Å²) in [6.07, 6.45) is -2.90. The monoisotopic (exact) mass is 215 g/mol. The number of halogens is 3. The van der Waals surface area contributed by atoms with Crippen molar-refractivity contribution in [3.05, 3.63) is 41.7 Å². The Hall–Kier alpha value is -1.78. The molecule has 1 rings (SSSR count). The maximum absolute atomic E-state index is 12.4. The SMILES string of the molecule is O=C(/C=C(\[O-])c1ccc(F)cc1)C(F)F. The number of benzene rings is 1. The van der Waals surface area contributed by atoms with Gasteiger partial charge >= 0.3 is 0 Å². The minimum absolute atomic E-state index is 0.00889. The van der Waals surface area contributed by atoms with E-state index in [2.05, 4.69) is 0 Å². The van der Waals surface area contributed by atoms with E-state index in [1.54, 1.807) is 0 Å². The number of ketones is 1. The molecule has 5 heteroatoms. The van der Waals surface area contributed by atoms with Gasteiger partial charge in [-0.25, -0.2) is 13.2 Å². The molecule has 0 amide bonds. The lowest BCUT2D eigenvalue weighted by Gasteiger charge is -2.11. The summed E-state index contributed by atoms with van der Waals surface area (Å²) in [6, 6.07) is 4.25. The highest BCUT2D eigenvalue weighted by Crippen LogP contribution is 2.10. The zero-order valence-electron chi connectivity index (χ0n) is 7.41. The molecule has 15 heavy (non-hydrogen) atoms. The molecule has 0 unspecified atom stereocenters. The molecule has 0 saturated carbocycles. The van der Waals surface area contributed by atoms with E-state index in [-0.39, 0.29) is 5.56 Å². The van der Waals surface area contributed by atoms with Crippen molar-refractivity contribution in [2.45, 2.75) is 6.43 Å². The highest BCUT2D eigenvalue weighted by molar-refractivity contribution is 5.97. The maximum atomic E-state index is 12.4. The smallest absolute Gasteiger partial charge is 0.299 e. The van der Waals surface area contributed by atoms with Gasteiger partial charge in [0.2, 0.25) is 5.78 Å². The van der Waals surface area contributed by atoms with Crippen LogP contribution in [-0.2, 0) is 4.79 Å². The van der Waals surface area contributed by atoms with Gasteiger partial charge in [-0.3, -0.25) is 4.79 Å². The lowest BCUT2D eigenvalue weighted by molar-refractivity contribution is -0.244. The Morgan fingerprint density at radius 1 is 1.27 bits per heavy atom. The van der Waals surface area contributed by atoms with Gasteiger partial charge in [-0.15, -0.1) is 0 Å². The summed E-state index contributed by atoms with van der Waals surface area (Å²) in [5.41, 5.74) is -0.00889. The van der Waals surface area contributed by atoms with Crippen molar-refractivity contribution in [1.29, 1.82) is 0 Å². The summed E-state index contributed by atoms with van der Waals surface area (Å²) < 4.78 is 36.0. The van der Waals surface area contributed by atoms with Crippen LogP contribution in [0.15, 0.2) is 30.3 Å². The Balaban J connectivity index is 2.89. The Morgan fingerprint density at radius 3 is 2.27 bits per heavy atom. The molecule has 0 aliphatic carbocycles. The zero-order valence-corrected chi connectivity index (χ0v) is 7.41. The van der Waals surface area contributed by atoms with E-state index in [0.29, 0.717) is 6.08 Å². The van der Waals surface area contributed by atoms with Crippen LogP contribution in [0.2, 0.25) is 0 Å². The molecule has 1 aromatic rings. The van der Waals surface area contributed by atoms with Crippen LogP contribution in [0.25, 0.3) is 5.76 Å². The van der Waals surface area contributed by atoms with E-state index in [4.69, 9.17) is 0 Å². The predicted octanol–water partition coefficient (Wildman–Crippen LogP) is 1.36. The molecule has 0 spiro atoms. The second-order valence-electron chi connectivity index (χ2n) is 2.72. The van der Waals surface area contributed by atoms with Crippen molar-refractivity contribution in [3.63, 3.8) is 0 Å². The predicted molar refractivity (Wildman–Crippen MR) is 45.4 cm³/mol. The highest BCUT2D eigenvalue weighted by Gasteiger charge is 2.11. The molecule has 2 nitrogen and oxygen atoms in total. The number of hydrogen-bond acceptors (Lipinski definition) is 2. The topological polar surface area (TPSA) is 40.1 Å². The second kappa shape index (κ2) is 4.63. The average molecular weight is 215 g/mol. The fourth-order valence-corrected chi connectivity index (χ4v) is 0.890. The van der Waals surface area contributed by atoms with Gasteiger partial charge in [0.15, 0.2) is 0 Å². The number of rotatable bonds is 3. The van der Waals surface area contributed by atoms with Gasteiger partial charge < -0.3 is 5.11 Å². The number of allylic oxidation sites excluding steroid dienone is 1. The van der Waals surface area contributed by atoms with E-state index < -0.39 is 23.8 Å². The quantitative estimate of drug-likeness (QED) is 0.564. The fourth-order valence-electron chi connectivity index (χ4n) is 0.890. The van der Waals surface area contributed by atoms with Gasteiger partial charge in [0.1, 0.15) is 5.82 Å². The van der Waals surface area contributed by atoms with Crippen LogP contribution in [0.5, 0.6) is 0 Å². The van der Waals surface area contributed by atoms with Gasteiger partial charge in [-0.05, 0) is 23.8 Å². The molecular formula is C10H6F3O2-. The first-order valence-corrected chi connectivity index (χ1v) is 3.97. The molecule has 0 heterocycles. The summed E-state index contributed by atoms with van der Waals surface area (Å²) in [7, 11) is 0. The number of carbonyl (C=O) groups is 1. The first kappa shape index (κ1) is 11.3. The average Bonchev–Trinajstić information content (AvgIpc) is 2.18. The Labute approximate surface area is 83.7 Å². The molecule has 0 saturated heterocycles. The Bertz CT molecular complexity index is 382. The lowest BCUT2D eigenvalue weighted by atomic mass is 10.1. The van der Waals surface area contributed by atoms with Crippen LogP contribution in [0.1, 0.15) is 5.56 Å². The summed E-state index contributed by atoms with van der Waals surface area (Å²) >= 11 is 0. The van der Waals surface area contributed by atoms with Crippen molar-refractivity contribution in [3.8, 4) is 0 Å². The molecule has 0 radical (unpaired) electrons. The first-order valence-electron chi connectivity index (χ1n) is 3.97. The third-order valence-electron chi connectivity index (χ3n) is 1.62. The van der Waals surface area contributed by atoms with Gasteiger partial charge in [0, 0.05) is 0 Å². The third kappa shape index (κ3) is 3.12. The van der Waals surface area contributed by atoms with Crippen molar-refractivity contribution < 1.29 is 23.1 Å². The number of carbonyl (C=O) groups excluding carboxylic acids is 1. The van der Waals surface area contributed by atoms with Crippen molar-refractivity contribution >= 4 is 11.5 Å². The van der Waals surface area contributed by atoms with Gasteiger partial charge in [0.05, 0.1) is 0 Å². The van der Waals surface area contributed by atoms with Crippen molar-refractivity contribution in [2.75, 3.05) is 0 Å². The molecular weight excluding hydrogens is 209 g/mol. The normalized spacial score (nSPS) is 11.9. The second-order valence-corrected chi connectivity index (χ2v) is 2.72. The van der Waals surface area contributed by atoms with E-state index in [9.17, 15) is 23.1 Å². The summed E-state index contributed by atoms with van der Waals surface area (Å²) in [6.45, 7) is 0. The van der Waals surface area contributed by atoms with Crippen LogP contribution in [0.3, 0.4) is 0 Å². The molecule has 0 atom stereocenters. The highest BCUT2D eigenvalue weighted by atomic mass is 19.3. The van der Waals surface area contributed by atoms with E-state index in [0.717, 1.165) is 24.3 Å². The van der Waals surface area contributed by atoms with Crippen LogP contribution >= 0.6 is 0 Å². The molecule has 80 valence electrons. The fraction of sp³-hybridized carbons (Fsp3) is 0.100. The molecule has 1 aromatic carbocycles. The summed E-state index contributed by atoms with van der Waals surface area (Å²) in [5.74, 6) is -2.96.